The number of Topliss-reactive ketones (excluding diaryl/α,β-unsaturated/α-hetero) is 1. The van der Waals surface area contributed by atoms with Crippen molar-refractivity contribution >= 4 is 11.9 Å². The number of hydrogen-bond donors (Lipinski definition) is 2. The number of aryl methyl sites for hydroxylation is 1. The Morgan fingerprint density at radius 3 is 2.60 bits per heavy atom. The number of aromatic nitrogens is 2. The number of fused-ring (bicyclic) bond motifs is 8. The Hall–Kier alpha value is -2.39. The number of rotatable bonds is 3. The quantitative estimate of drug-likeness (QED) is 0.585. The predicted octanol–water partition coefficient (Wildman–Crippen LogP) is 4.49. The topological polar surface area (TPSA) is 93.8 Å². The molecule has 8 atom stereocenters. The Kier molecular flexibility index (Phi) is 5.38. The number of carbonyl (C=O) groups is 1. The molecule has 0 bridgehead atoms. The number of aliphatic hydroxyl groups excluding tert-OH is 2. The van der Waals surface area contributed by atoms with Crippen LogP contribution in [0.25, 0.3) is 11.8 Å². The van der Waals surface area contributed by atoms with Crippen molar-refractivity contribution in [1.29, 1.82) is 0 Å². The van der Waals surface area contributed by atoms with Crippen LogP contribution in [0.5, 0.6) is 0 Å². The summed E-state index contributed by atoms with van der Waals surface area (Å²) in [4.78, 5) is 13.4. The summed E-state index contributed by atoms with van der Waals surface area (Å²) in [7, 11) is 0. The zero-order valence-electron chi connectivity index (χ0n) is 23.9. The average Bonchev–Trinajstić information content (AvgIpc) is 3.50. The van der Waals surface area contributed by atoms with Crippen molar-refractivity contribution in [3.05, 3.63) is 52.9 Å². The van der Waals surface area contributed by atoms with Crippen LogP contribution in [0.15, 0.2) is 36.0 Å². The molecule has 0 unspecified atom stereocenters. The molecule has 1 saturated heterocycles. The summed E-state index contributed by atoms with van der Waals surface area (Å²) in [5.74, 6) is -2.18. The lowest BCUT2D eigenvalue weighted by Crippen LogP contribution is -2.70. The maximum Gasteiger partial charge on any atom is 0.193 e. The molecule has 2 N–H and O–H groups in total. The number of nitrogens with zero attached hydrogens (tertiary/aromatic N) is 2. The Balaban J connectivity index is 1.30. The summed E-state index contributed by atoms with van der Waals surface area (Å²) < 4.78 is 32.6. The molecule has 0 radical (unpaired) electrons. The largest absolute Gasteiger partial charge is 0.390 e. The van der Waals surface area contributed by atoms with Crippen LogP contribution in [0.4, 0.5) is 4.39 Å². The number of carbonyl (C=O) groups excluding carboxylic acids is 1. The van der Waals surface area contributed by atoms with Gasteiger partial charge < -0.3 is 19.7 Å². The Labute approximate surface area is 234 Å². The second-order valence-corrected chi connectivity index (χ2v) is 13.8. The van der Waals surface area contributed by atoms with Crippen molar-refractivity contribution in [3.63, 3.8) is 0 Å². The molecule has 0 amide bonds. The molecule has 2 heterocycles. The normalized spacial score (nSPS) is 42.8. The molecule has 5 aliphatic rings. The van der Waals surface area contributed by atoms with Crippen LogP contribution in [-0.2, 0) is 20.7 Å². The van der Waals surface area contributed by atoms with Gasteiger partial charge in [0.05, 0.1) is 29.8 Å². The number of alkyl halides is 1. The van der Waals surface area contributed by atoms with Gasteiger partial charge in [-0.1, -0.05) is 37.1 Å². The molecule has 0 spiro atoms. The molecule has 7 nitrogen and oxygen atoms in total. The molecule has 40 heavy (non-hydrogen) atoms. The fraction of sp³-hybridized carbons (Fsp3) is 0.625. The van der Waals surface area contributed by atoms with E-state index in [1.165, 1.54) is 5.56 Å². The maximum absolute atomic E-state index is 18.0. The molecule has 4 aliphatic carbocycles. The van der Waals surface area contributed by atoms with E-state index in [-0.39, 0.29) is 12.3 Å². The third-order valence-corrected chi connectivity index (χ3v) is 11.4. The van der Waals surface area contributed by atoms with Crippen LogP contribution in [0, 0.1) is 29.6 Å². The molecule has 1 aromatic carbocycles. The van der Waals surface area contributed by atoms with Crippen molar-refractivity contribution in [3.8, 4) is 5.69 Å². The zero-order valence-corrected chi connectivity index (χ0v) is 23.9. The van der Waals surface area contributed by atoms with E-state index in [4.69, 9.17) is 9.47 Å². The highest BCUT2D eigenvalue weighted by molar-refractivity contribution is 5.91. The van der Waals surface area contributed by atoms with Gasteiger partial charge in [-0.25, -0.2) is 9.07 Å². The lowest BCUT2D eigenvalue weighted by atomic mass is 9.43. The van der Waals surface area contributed by atoms with Crippen molar-refractivity contribution in [2.45, 2.75) is 96.0 Å². The Bertz CT molecular complexity index is 1430. The number of aliphatic hydroxyl groups is 2. The minimum absolute atomic E-state index is 0.0602. The second-order valence-electron chi connectivity index (χ2n) is 13.8. The highest BCUT2D eigenvalue weighted by Gasteiger charge is 2.80. The fourth-order valence-corrected chi connectivity index (χ4v) is 9.66. The Morgan fingerprint density at radius 1 is 1.18 bits per heavy atom. The Morgan fingerprint density at radius 2 is 1.90 bits per heavy atom. The van der Waals surface area contributed by atoms with Gasteiger partial charge in [0.2, 0.25) is 0 Å². The summed E-state index contributed by atoms with van der Waals surface area (Å²) in [6.45, 7) is 8.81. The third kappa shape index (κ3) is 3.03. The first-order valence-corrected chi connectivity index (χ1v) is 14.5. The van der Waals surface area contributed by atoms with E-state index in [2.05, 4.69) is 23.3 Å². The van der Waals surface area contributed by atoms with Crippen LogP contribution < -0.4 is 0 Å². The summed E-state index contributed by atoms with van der Waals surface area (Å²) in [5, 5.41) is 26.6. The summed E-state index contributed by atoms with van der Waals surface area (Å²) >= 11 is 0. The lowest BCUT2D eigenvalue weighted by molar-refractivity contribution is -0.250. The van der Waals surface area contributed by atoms with Gasteiger partial charge in [-0.15, -0.1) is 0 Å². The van der Waals surface area contributed by atoms with E-state index in [9.17, 15) is 15.0 Å². The van der Waals surface area contributed by atoms with Gasteiger partial charge in [0.1, 0.15) is 12.3 Å². The standard InChI is InChI=1S/C32H39FN2O5/c1-18-6-9-21(10-7-18)35-24-12-20-8-11-22-23-13-27-32(26(38)17-36,40-28(2,3)39-27)30(23,5)15-25(37)31(22,33)29(20,4)14-19(24)16-34-35/h6-7,9-10,12,16,22-23,25,27,36-37H,8,11,13-15,17H2,1-5H3/t22-,23-,25-,27+,29-,30-,31-,32+/m0/s1. The van der Waals surface area contributed by atoms with E-state index >= 15 is 4.39 Å². The third-order valence-electron chi connectivity index (χ3n) is 11.4. The van der Waals surface area contributed by atoms with E-state index < -0.39 is 58.4 Å². The van der Waals surface area contributed by atoms with Gasteiger partial charge >= 0.3 is 0 Å². The zero-order chi connectivity index (χ0) is 28.5. The maximum atomic E-state index is 18.0. The van der Waals surface area contributed by atoms with Crippen LogP contribution in [0.1, 0.15) is 70.2 Å². The highest BCUT2D eigenvalue weighted by Crippen LogP contribution is 2.72. The lowest BCUT2D eigenvalue weighted by Gasteiger charge is -2.63. The highest BCUT2D eigenvalue weighted by atomic mass is 19.1. The summed E-state index contributed by atoms with van der Waals surface area (Å²) in [6.07, 6.45) is 4.24. The second kappa shape index (κ2) is 8.12. The first-order valence-electron chi connectivity index (χ1n) is 14.5. The molecular formula is C32H39FN2O5. The van der Waals surface area contributed by atoms with E-state index in [0.29, 0.717) is 25.7 Å². The van der Waals surface area contributed by atoms with Gasteiger partial charge in [0.15, 0.2) is 17.2 Å². The minimum Gasteiger partial charge on any atom is -0.390 e. The van der Waals surface area contributed by atoms with Gasteiger partial charge in [-0.3, -0.25) is 4.79 Å². The first-order chi connectivity index (χ1) is 18.8. The van der Waals surface area contributed by atoms with Crippen LogP contribution >= 0.6 is 0 Å². The van der Waals surface area contributed by atoms with Crippen molar-refractivity contribution in [2.24, 2.45) is 22.7 Å². The van der Waals surface area contributed by atoms with Crippen molar-refractivity contribution < 1.29 is 28.9 Å². The van der Waals surface area contributed by atoms with Crippen LogP contribution in [-0.4, -0.2) is 61.6 Å². The van der Waals surface area contributed by atoms with E-state index in [0.717, 1.165) is 22.5 Å². The minimum atomic E-state index is -1.90. The van der Waals surface area contributed by atoms with Crippen LogP contribution in [0.2, 0.25) is 0 Å². The first kappa shape index (κ1) is 26.5. The number of hydrogen-bond acceptors (Lipinski definition) is 6. The molecule has 1 aromatic heterocycles. The molecule has 214 valence electrons. The molecule has 3 saturated carbocycles. The van der Waals surface area contributed by atoms with Gasteiger partial charge in [-0.05, 0) is 82.6 Å². The average molecular weight is 551 g/mol. The van der Waals surface area contributed by atoms with Gasteiger partial charge in [-0.2, -0.15) is 5.10 Å². The summed E-state index contributed by atoms with van der Waals surface area (Å²) in [5.41, 5.74) is -0.0335. The number of halogens is 1. The van der Waals surface area contributed by atoms with Gasteiger partial charge in [0, 0.05) is 16.7 Å². The number of benzene rings is 1. The number of ether oxygens (including phenoxy) is 2. The number of allylic oxidation sites excluding steroid dienone is 1. The smallest absolute Gasteiger partial charge is 0.193 e. The monoisotopic (exact) mass is 550 g/mol. The SMILES string of the molecule is Cc1ccc(-n2ncc3c2C=C2CC[C@H]4[C@@H]5C[C@H]6OC(C)(C)O[C@@]6(C(=O)CO)[C@@]5(C)C[C@H](O)[C@]4(F)[C@@]2(C)C3)cc1. The molecule has 7 rings (SSSR count). The predicted molar refractivity (Wildman–Crippen MR) is 146 cm³/mol. The van der Waals surface area contributed by atoms with Crippen LogP contribution in [0.3, 0.4) is 0 Å². The van der Waals surface area contributed by atoms with Crippen molar-refractivity contribution in [1.82, 2.24) is 9.78 Å². The molecule has 2 aromatic rings. The molecule has 4 fully saturated rings. The van der Waals surface area contributed by atoms with Gasteiger partial charge in [0.25, 0.3) is 0 Å². The molecule has 8 heteroatoms. The molecular weight excluding hydrogens is 511 g/mol. The fourth-order valence-electron chi connectivity index (χ4n) is 9.66. The summed E-state index contributed by atoms with van der Waals surface area (Å²) in [6, 6.07) is 8.20. The number of ketones is 1. The molecule has 1 aliphatic heterocycles. The van der Waals surface area contributed by atoms with Crippen molar-refractivity contribution in [2.75, 3.05) is 6.61 Å². The van der Waals surface area contributed by atoms with E-state index in [1.807, 2.05) is 43.8 Å². The van der Waals surface area contributed by atoms with E-state index in [1.54, 1.807) is 13.8 Å².